The van der Waals surface area contributed by atoms with E-state index in [1.807, 2.05) is 24.3 Å². The standard InChI is InChI=1S/C29H29FN4O5/c1-37-24-9-4-3-7-20(24)14-15-31-27(35)13-11-23-29(36)32-28(34-33-23)21-10-12-25(26(17-21)38-2)39-18-19-6-5-8-22(30)16-19/h3-10,12,16-17H,11,13-15,18H2,1-2H3,(H,31,35)(H,32,34,36). The van der Waals surface area contributed by atoms with Gasteiger partial charge in [0.25, 0.3) is 5.56 Å². The molecule has 0 aliphatic carbocycles. The second-order valence-electron chi connectivity index (χ2n) is 8.65. The number of benzene rings is 3. The lowest BCUT2D eigenvalue weighted by molar-refractivity contribution is -0.121. The number of aromatic nitrogens is 3. The summed E-state index contributed by atoms with van der Waals surface area (Å²) in [5.41, 5.74) is 1.99. The van der Waals surface area contributed by atoms with Crippen molar-refractivity contribution in [1.29, 1.82) is 0 Å². The predicted molar refractivity (Wildman–Crippen MR) is 143 cm³/mol. The highest BCUT2D eigenvalue weighted by atomic mass is 19.1. The van der Waals surface area contributed by atoms with E-state index in [0.717, 1.165) is 11.3 Å². The number of hydrogen-bond donors (Lipinski definition) is 2. The number of nitrogens with one attached hydrogen (secondary N) is 2. The molecule has 0 aliphatic heterocycles. The Hall–Kier alpha value is -4.73. The number of H-pyrrole nitrogens is 1. The highest BCUT2D eigenvalue weighted by Gasteiger charge is 2.13. The maximum Gasteiger partial charge on any atom is 0.273 e. The number of aryl methyl sites for hydroxylation is 1. The lowest BCUT2D eigenvalue weighted by Gasteiger charge is -2.12. The van der Waals surface area contributed by atoms with Gasteiger partial charge in [-0.25, -0.2) is 4.39 Å². The minimum absolute atomic E-state index is 0.105. The topological polar surface area (TPSA) is 115 Å². The van der Waals surface area contributed by atoms with Gasteiger partial charge < -0.3 is 24.5 Å². The molecule has 0 saturated heterocycles. The molecule has 3 aromatic carbocycles. The van der Waals surface area contributed by atoms with E-state index >= 15 is 0 Å². The highest BCUT2D eigenvalue weighted by Crippen LogP contribution is 2.31. The summed E-state index contributed by atoms with van der Waals surface area (Å²) in [5, 5.41) is 11.0. The van der Waals surface area contributed by atoms with Gasteiger partial charge in [-0.15, -0.1) is 10.2 Å². The van der Waals surface area contributed by atoms with E-state index in [2.05, 4.69) is 20.5 Å². The summed E-state index contributed by atoms with van der Waals surface area (Å²) in [6, 6.07) is 18.8. The Bertz CT molecular complexity index is 1490. The maximum absolute atomic E-state index is 13.4. The minimum atomic E-state index is -0.424. The van der Waals surface area contributed by atoms with Gasteiger partial charge in [-0.1, -0.05) is 30.3 Å². The smallest absolute Gasteiger partial charge is 0.273 e. The number of hydrogen-bond acceptors (Lipinski definition) is 7. The summed E-state index contributed by atoms with van der Waals surface area (Å²) in [5.74, 6) is 1.37. The minimum Gasteiger partial charge on any atom is -0.496 e. The summed E-state index contributed by atoms with van der Waals surface area (Å²) in [7, 11) is 3.10. The van der Waals surface area contributed by atoms with E-state index < -0.39 is 5.56 Å². The molecule has 4 rings (SSSR count). The van der Waals surface area contributed by atoms with E-state index in [-0.39, 0.29) is 42.7 Å². The SMILES string of the molecule is COc1ccccc1CCNC(=O)CCc1nnc(-c2ccc(OCc3cccc(F)c3)c(OC)c2)[nH]c1=O. The largest absolute Gasteiger partial charge is 0.496 e. The lowest BCUT2D eigenvalue weighted by atomic mass is 10.1. The van der Waals surface area contributed by atoms with Crippen LogP contribution in [-0.2, 0) is 24.2 Å². The van der Waals surface area contributed by atoms with E-state index in [4.69, 9.17) is 14.2 Å². The van der Waals surface area contributed by atoms with Crippen molar-refractivity contribution in [2.24, 2.45) is 0 Å². The summed E-state index contributed by atoms with van der Waals surface area (Å²) in [6.45, 7) is 0.608. The maximum atomic E-state index is 13.4. The molecule has 1 aromatic heterocycles. The molecule has 9 nitrogen and oxygen atoms in total. The van der Waals surface area contributed by atoms with Gasteiger partial charge >= 0.3 is 0 Å². The molecule has 1 amide bonds. The van der Waals surface area contributed by atoms with Crippen LogP contribution in [0.25, 0.3) is 11.4 Å². The Morgan fingerprint density at radius 3 is 2.51 bits per heavy atom. The molecule has 0 saturated carbocycles. The van der Waals surface area contributed by atoms with Crippen LogP contribution in [0.1, 0.15) is 23.2 Å². The predicted octanol–water partition coefficient (Wildman–Crippen LogP) is 3.86. The average Bonchev–Trinajstić information content (AvgIpc) is 2.95. The van der Waals surface area contributed by atoms with Crippen molar-refractivity contribution in [3.63, 3.8) is 0 Å². The molecule has 0 spiro atoms. The van der Waals surface area contributed by atoms with Crippen LogP contribution in [0.3, 0.4) is 0 Å². The number of amides is 1. The molecule has 202 valence electrons. The van der Waals surface area contributed by atoms with Gasteiger partial charge in [-0.3, -0.25) is 9.59 Å². The number of carbonyl (C=O) groups excluding carboxylic acids is 1. The first-order valence-electron chi connectivity index (χ1n) is 12.4. The fraction of sp³-hybridized carbons (Fsp3) is 0.241. The third-order valence-electron chi connectivity index (χ3n) is 5.98. The number of para-hydroxylation sites is 1. The van der Waals surface area contributed by atoms with Crippen LogP contribution >= 0.6 is 0 Å². The zero-order valence-corrected chi connectivity index (χ0v) is 21.7. The number of nitrogens with zero attached hydrogens (tertiary/aromatic N) is 2. The Morgan fingerprint density at radius 1 is 0.923 bits per heavy atom. The Balaban J connectivity index is 1.33. The van der Waals surface area contributed by atoms with Crippen molar-refractivity contribution in [2.75, 3.05) is 20.8 Å². The molecular weight excluding hydrogens is 503 g/mol. The summed E-state index contributed by atoms with van der Waals surface area (Å²) >= 11 is 0. The molecule has 4 aromatic rings. The zero-order chi connectivity index (χ0) is 27.6. The monoisotopic (exact) mass is 532 g/mol. The quantitative estimate of drug-likeness (QED) is 0.285. The summed E-state index contributed by atoms with van der Waals surface area (Å²) < 4.78 is 29.9. The van der Waals surface area contributed by atoms with Gasteiger partial charge in [-0.2, -0.15) is 0 Å². The number of rotatable bonds is 12. The molecule has 0 fully saturated rings. The van der Waals surface area contributed by atoms with Crippen molar-refractivity contribution >= 4 is 5.91 Å². The third-order valence-corrected chi connectivity index (χ3v) is 5.98. The molecule has 0 radical (unpaired) electrons. The number of halogens is 1. The Kier molecular flexibility index (Phi) is 9.23. The molecular formula is C29H29FN4O5. The summed E-state index contributed by atoms with van der Waals surface area (Å²) in [6.07, 6.45) is 0.885. The van der Waals surface area contributed by atoms with Crippen molar-refractivity contribution in [1.82, 2.24) is 20.5 Å². The fourth-order valence-corrected chi connectivity index (χ4v) is 3.94. The third kappa shape index (κ3) is 7.41. The fourth-order valence-electron chi connectivity index (χ4n) is 3.94. The van der Waals surface area contributed by atoms with Gasteiger partial charge in [0.15, 0.2) is 17.3 Å². The number of carbonyl (C=O) groups is 1. The Labute approximate surface area is 225 Å². The number of methoxy groups -OCH3 is 2. The van der Waals surface area contributed by atoms with Crippen LogP contribution < -0.4 is 25.1 Å². The van der Waals surface area contributed by atoms with Crippen LogP contribution in [0.4, 0.5) is 4.39 Å². The van der Waals surface area contributed by atoms with Crippen molar-refractivity contribution in [3.8, 4) is 28.6 Å². The molecule has 10 heteroatoms. The van der Waals surface area contributed by atoms with Crippen molar-refractivity contribution < 1.29 is 23.4 Å². The van der Waals surface area contributed by atoms with Crippen LogP contribution in [0.2, 0.25) is 0 Å². The van der Waals surface area contributed by atoms with Gasteiger partial charge in [0.1, 0.15) is 23.9 Å². The second kappa shape index (κ2) is 13.2. The van der Waals surface area contributed by atoms with E-state index in [9.17, 15) is 14.0 Å². The van der Waals surface area contributed by atoms with Crippen molar-refractivity contribution in [3.05, 3.63) is 99.7 Å². The Morgan fingerprint density at radius 2 is 1.74 bits per heavy atom. The normalized spacial score (nSPS) is 10.6. The number of ether oxygens (including phenoxy) is 3. The van der Waals surface area contributed by atoms with Gasteiger partial charge in [0.2, 0.25) is 5.91 Å². The number of aromatic amines is 1. The van der Waals surface area contributed by atoms with Crippen LogP contribution in [0, 0.1) is 5.82 Å². The van der Waals surface area contributed by atoms with Crippen LogP contribution in [-0.4, -0.2) is 41.9 Å². The van der Waals surface area contributed by atoms with E-state index in [0.29, 0.717) is 35.6 Å². The van der Waals surface area contributed by atoms with Crippen LogP contribution in [0.5, 0.6) is 17.2 Å². The molecule has 0 bridgehead atoms. The van der Waals surface area contributed by atoms with E-state index in [1.165, 1.54) is 19.2 Å². The molecule has 1 heterocycles. The zero-order valence-electron chi connectivity index (χ0n) is 21.7. The van der Waals surface area contributed by atoms with Gasteiger partial charge in [-0.05, 0) is 53.9 Å². The highest BCUT2D eigenvalue weighted by molar-refractivity contribution is 5.76. The molecule has 39 heavy (non-hydrogen) atoms. The molecule has 0 unspecified atom stereocenters. The molecule has 0 atom stereocenters. The van der Waals surface area contributed by atoms with Crippen molar-refractivity contribution in [2.45, 2.75) is 25.9 Å². The summed E-state index contributed by atoms with van der Waals surface area (Å²) in [4.78, 5) is 27.6. The van der Waals surface area contributed by atoms with Gasteiger partial charge in [0.05, 0.1) is 14.2 Å². The molecule has 2 N–H and O–H groups in total. The first-order chi connectivity index (χ1) is 19.0. The van der Waals surface area contributed by atoms with Crippen LogP contribution in [0.15, 0.2) is 71.5 Å². The average molecular weight is 533 g/mol. The van der Waals surface area contributed by atoms with Gasteiger partial charge in [0, 0.05) is 24.9 Å². The first kappa shape index (κ1) is 27.3. The first-order valence-corrected chi connectivity index (χ1v) is 12.4. The van der Waals surface area contributed by atoms with E-state index in [1.54, 1.807) is 37.4 Å². The second-order valence-corrected chi connectivity index (χ2v) is 8.65. The lowest BCUT2D eigenvalue weighted by Crippen LogP contribution is -2.27. The molecule has 0 aliphatic rings.